The number of ether oxygens (including phenoxy) is 1. The van der Waals surface area contributed by atoms with Crippen LogP contribution in [0.1, 0.15) is 29.5 Å². The van der Waals surface area contributed by atoms with E-state index in [4.69, 9.17) is 4.74 Å². The summed E-state index contributed by atoms with van der Waals surface area (Å²) >= 11 is 0. The van der Waals surface area contributed by atoms with Gasteiger partial charge in [-0.2, -0.15) is 0 Å². The second kappa shape index (κ2) is 5.45. The number of hydrogen-bond donors (Lipinski definition) is 0. The van der Waals surface area contributed by atoms with Crippen molar-refractivity contribution in [3.63, 3.8) is 0 Å². The Bertz CT molecular complexity index is 778. The minimum atomic E-state index is -0.00635. The molecule has 24 heavy (non-hydrogen) atoms. The predicted molar refractivity (Wildman–Crippen MR) is 95.8 cm³/mol. The maximum Gasteiger partial charge on any atom is 0.217 e. The first-order valence-corrected chi connectivity index (χ1v) is 8.94. The van der Waals surface area contributed by atoms with E-state index in [2.05, 4.69) is 52.4 Å². The van der Waals surface area contributed by atoms with E-state index in [0.717, 1.165) is 24.4 Å². The van der Waals surface area contributed by atoms with Gasteiger partial charge in [0.1, 0.15) is 5.60 Å². The Morgan fingerprint density at radius 1 is 1.08 bits per heavy atom. The van der Waals surface area contributed by atoms with Crippen LogP contribution in [0.5, 0.6) is 5.88 Å². The normalized spacial score (nSPS) is 30.7. The van der Waals surface area contributed by atoms with E-state index in [1.54, 1.807) is 0 Å². The van der Waals surface area contributed by atoms with Crippen LogP contribution in [0.4, 0.5) is 0 Å². The van der Waals surface area contributed by atoms with Crippen LogP contribution in [-0.2, 0) is 6.42 Å². The number of rotatable bonds is 2. The predicted octanol–water partition coefficient (Wildman–Crippen LogP) is 3.65. The number of benzene rings is 1. The summed E-state index contributed by atoms with van der Waals surface area (Å²) in [5.74, 6) is 1.56. The van der Waals surface area contributed by atoms with Gasteiger partial charge in [0.25, 0.3) is 0 Å². The zero-order valence-electron chi connectivity index (χ0n) is 13.8. The molecule has 4 aliphatic rings. The molecule has 3 fully saturated rings. The molecule has 0 unspecified atom stereocenters. The van der Waals surface area contributed by atoms with Crippen molar-refractivity contribution >= 4 is 12.2 Å². The Labute approximate surface area is 143 Å². The maximum atomic E-state index is 6.41. The molecule has 3 heteroatoms. The summed E-state index contributed by atoms with van der Waals surface area (Å²) in [7, 11) is 0. The molecule has 2 aromatic rings. The molecule has 122 valence electrons. The van der Waals surface area contributed by atoms with Gasteiger partial charge in [-0.15, -0.1) is 0 Å². The largest absolute Gasteiger partial charge is 0.469 e. The van der Waals surface area contributed by atoms with Crippen molar-refractivity contribution in [3.8, 4) is 5.88 Å². The molecule has 4 aliphatic heterocycles. The van der Waals surface area contributed by atoms with Gasteiger partial charge in [0.15, 0.2) is 0 Å². The van der Waals surface area contributed by atoms with E-state index < -0.39 is 0 Å². The number of piperidine rings is 3. The van der Waals surface area contributed by atoms with Crippen LogP contribution in [0, 0.1) is 5.92 Å². The van der Waals surface area contributed by atoms with Crippen molar-refractivity contribution in [1.82, 2.24) is 9.88 Å². The van der Waals surface area contributed by atoms with E-state index in [-0.39, 0.29) is 5.60 Å². The van der Waals surface area contributed by atoms with Crippen LogP contribution in [0.15, 0.2) is 42.6 Å². The van der Waals surface area contributed by atoms with Crippen molar-refractivity contribution in [1.29, 1.82) is 0 Å². The van der Waals surface area contributed by atoms with Crippen molar-refractivity contribution in [2.75, 3.05) is 19.6 Å². The third kappa shape index (κ3) is 2.35. The second-order valence-corrected chi connectivity index (χ2v) is 7.37. The number of fused-ring (bicyclic) bond motifs is 3. The van der Waals surface area contributed by atoms with Crippen molar-refractivity contribution in [3.05, 3.63) is 59.3 Å². The highest BCUT2D eigenvalue weighted by atomic mass is 16.5. The van der Waals surface area contributed by atoms with Gasteiger partial charge in [-0.05, 0) is 43.1 Å². The minimum absolute atomic E-state index is 0.00635. The summed E-state index contributed by atoms with van der Waals surface area (Å²) in [5, 5.41) is 0. The molecule has 0 aliphatic carbocycles. The summed E-state index contributed by atoms with van der Waals surface area (Å²) in [6, 6.07) is 12.6. The highest BCUT2D eigenvalue weighted by Gasteiger charge is 2.52. The first-order chi connectivity index (χ1) is 11.8. The summed E-state index contributed by atoms with van der Waals surface area (Å²) in [4.78, 5) is 7.17. The lowest BCUT2D eigenvalue weighted by atomic mass is 9.73. The van der Waals surface area contributed by atoms with Crippen LogP contribution in [0.25, 0.3) is 12.2 Å². The number of hydrogen-bond acceptors (Lipinski definition) is 3. The summed E-state index contributed by atoms with van der Waals surface area (Å²) < 4.78 is 6.41. The van der Waals surface area contributed by atoms with Crippen LogP contribution in [-0.4, -0.2) is 35.1 Å². The fourth-order valence-corrected chi connectivity index (χ4v) is 4.57. The third-order valence-corrected chi connectivity index (χ3v) is 5.83. The van der Waals surface area contributed by atoms with Gasteiger partial charge in [-0.25, -0.2) is 4.98 Å². The molecule has 5 heterocycles. The number of pyridine rings is 1. The molecule has 0 radical (unpaired) electrons. The molecular weight excluding hydrogens is 296 g/mol. The Morgan fingerprint density at radius 3 is 2.62 bits per heavy atom. The van der Waals surface area contributed by atoms with Gasteiger partial charge in [-0.3, -0.25) is 4.90 Å². The SMILES string of the molecule is C(=Cc1cnc2c(c1)C[C@@]1(CN3CCC1CC3)O2)c1ccccc1. The van der Waals surface area contributed by atoms with Gasteiger partial charge < -0.3 is 4.74 Å². The Kier molecular flexibility index (Phi) is 3.23. The maximum absolute atomic E-state index is 6.41. The molecule has 3 saturated heterocycles. The molecule has 0 amide bonds. The van der Waals surface area contributed by atoms with Crippen molar-refractivity contribution in [2.45, 2.75) is 24.9 Å². The lowest BCUT2D eigenvalue weighted by molar-refractivity contribution is -0.0814. The zero-order chi connectivity index (χ0) is 16.0. The van der Waals surface area contributed by atoms with E-state index in [0.29, 0.717) is 5.92 Å². The smallest absolute Gasteiger partial charge is 0.217 e. The fraction of sp³-hybridized carbons (Fsp3) is 0.381. The van der Waals surface area contributed by atoms with E-state index in [1.165, 1.54) is 37.1 Å². The van der Waals surface area contributed by atoms with Crippen molar-refractivity contribution in [2.24, 2.45) is 5.92 Å². The molecule has 0 N–H and O–H groups in total. The second-order valence-electron chi connectivity index (χ2n) is 7.37. The zero-order valence-corrected chi connectivity index (χ0v) is 13.8. The minimum Gasteiger partial charge on any atom is -0.469 e. The van der Waals surface area contributed by atoms with Crippen LogP contribution in [0.2, 0.25) is 0 Å². The summed E-state index contributed by atoms with van der Waals surface area (Å²) in [6.45, 7) is 3.55. The van der Waals surface area contributed by atoms with Gasteiger partial charge in [-0.1, -0.05) is 42.5 Å². The molecule has 0 saturated carbocycles. The van der Waals surface area contributed by atoms with Gasteiger partial charge in [0, 0.05) is 30.6 Å². The van der Waals surface area contributed by atoms with E-state index in [1.807, 2.05) is 12.3 Å². The molecule has 1 aromatic carbocycles. The standard InChI is InChI=1S/C21H22N2O/c1-2-4-16(5-3-1)6-7-17-12-18-13-21(24-20(18)22-14-17)15-23-10-8-19(21)9-11-23/h1-7,12,14,19H,8-11,13,15H2/t21-/m0/s1. The Hall–Kier alpha value is -2.13. The molecule has 6 rings (SSSR count). The molecule has 3 nitrogen and oxygen atoms in total. The van der Waals surface area contributed by atoms with Crippen LogP contribution >= 0.6 is 0 Å². The highest BCUT2D eigenvalue weighted by Crippen LogP contribution is 2.46. The van der Waals surface area contributed by atoms with Gasteiger partial charge in [0.2, 0.25) is 5.88 Å². The topological polar surface area (TPSA) is 25.4 Å². The first-order valence-electron chi connectivity index (χ1n) is 8.94. The summed E-state index contributed by atoms with van der Waals surface area (Å²) in [5.41, 5.74) is 3.63. The lowest BCUT2D eigenvalue weighted by Gasteiger charge is -2.50. The first kappa shape index (κ1) is 14.2. The molecule has 1 spiro atoms. The average molecular weight is 318 g/mol. The summed E-state index contributed by atoms with van der Waals surface area (Å²) in [6.07, 6.45) is 9.78. The van der Waals surface area contributed by atoms with Gasteiger partial charge >= 0.3 is 0 Å². The van der Waals surface area contributed by atoms with E-state index in [9.17, 15) is 0 Å². The monoisotopic (exact) mass is 318 g/mol. The highest BCUT2D eigenvalue weighted by molar-refractivity contribution is 5.69. The fourth-order valence-electron chi connectivity index (χ4n) is 4.57. The third-order valence-electron chi connectivity index (χ3n) is 5.83. The Morgan fingerprint density at radius 2 is 1.88 bits per heavy atom. The molecular formula is C21H22N2O. The number of aromatic nitrogens is 1. The molecule has 2 bridgehead atoms. The Balaban J connectivity index is 1.39. The lowest BCUT2D eigenvalue weighted by Crippen LogP contribution is -2.61. The number of nitrogens with zero attached hydrogens (tertiary/aromatic N) is 2. The quantitative estimate of drug-likeness (QED) is 0.845. The molecule has 1 atom stereocenters. The van der Waals surface area contributed by atoms with Crippen LogP contribution in [0.3, 0.4) is 0 Å². The average Bonchev–Trinajstić information content (AvgIpc) is 2.98. The van der Waals surface area contributed by atoms with E-state index >= 15 is 0 Å². The van der Waals surface area contributed by atoms with Crippen LogP contribution < -0.4 is 4.74 Å². The molecule has 1 aromatic heterocycles. The van der Waals surface area contributed by atoms with Crippen molar-refractivity contribution < 1.29 is 4.74 Å². The van der Waals surface area contributed by atoms with Gasteiger partial charge in [0.05, 0.1) is 0 Å².